The summed E-state index contributed by atoms with van der Waals surface area (Å²) in [5.74, 6) is 0.284. The van der Waals surface area contributed by atoms with Crippen molar-refractivity contribution in [2.45, 2.75) is 13.8 Å². The Morgan fingerprint density at radius 3 is 2.77 bits per heavy atom. The largest absolute Gasteiger partial charge is 0.423 e. The lowest BCUT2D eigenvalue weighted by Crippen LogP contribution is -2.13. The van der Waals surface area contributed by atoms with Gasteiger partial charge in [-0.1, -0.05) is 23.8 Å². The average molecular weight is 293 g/mol. The van der Waals surface area contributed by atoms with Crippen LogP contribution in [0, 0.1) is 13.8 Å². The second-order valence-corrected chi connectivity index (χ2v) is 5.10. The standard InChI is InChI=1S/C17H15N3O2/c1-11-6-7-12(2)15(8-11)16(21)19-14-5-3-4-13(9-14)17-20-18-10-22-17/h3-10H,1-2H3,(H,19,21). The number of amides is 1. The number of rotatable bonds is 3. The topological polar surface area (TPSA) is 68.0 Å². The third kappa shape index (κ3) is 2.88. The molecule has 5 nitrogen and oxygen atoms in total. The Hall–Kier alpha value is -2.95. The Kier molecular flexibility index (Phi) is 3.70. The molecule has 0 atom stereocenters. The third-order valence-corrected chi connectivity index (χ3v) is 3.37. The molecule has 0 radical (unpaired) electrons. The second kappa shape index (κ2) is 5.81. The molecule has 1 heterocycles. The van der Waals surface area contributed by atoms with Crippen molar-refractivity contribution in [2.24, 2.45) is 0 Å². The maximum atomic E-state index is 12.4. The predicted octanol–water partition coefficient (Wildman–Crippen LogP) is 3.61. The van der Waals surface area contributed by atoms with Crippen LogP contribution in [-0.4, -0.2) is 16.1 Å². The zero-order valence-electron chi connectivity index (χ0n) is 12.3. The van der Waals surface area contributed by atoms with Crippen molar-refractivity contribution in [1.29, 1.82) is 0 Å². The molecule has 1 N–H and O–H groups in total. The number of carbonyl (C=O) groups excluding carboxylic acids is 1. The smallest absolute Gasteiger partial charge is 0.255 e. The van der Waals surface area contributed by atoms with E-state index in [1.165, 1.54) is 6.39 Å². The molecule has 0 fully saturated rings. The Labute approximate surface area is 128 Å². The van der Waals surface area contributed by atoms with Gasteiger partial charge in [-0.15, -0.1) is 10.2 Å². The molecule has 3 rings (SSSR count). The van der Waals surface area contributed by atoms with E-state index in [4.69, 9.17) is 4.42 Å². The van der Waals surface area contributed by atoms with Crippen LogP contribution in [0.1, 0.15) is 21.5 Å². The number of benzene rings is 2. The summed E-state index contributed by atoms with van der Waals surface area (Å²) in [7, 11) is 0. The minimum atomic E-state index is -0.135. The van der Waals surface area contributed by atoms with E-state index in [2.05, 4.69) is 15.5 Å². The molecule has 110 valence electrons. The van der Waals surface area contributed by atoms with Crippen molar-refractivity contribution in [2.75, 3.05) is 5.32 Å². The first-order valence-corrected chi connectivity index (χ1v) is 6.89. The molecular weight excluding hydrogens is 278 g/mol. The number of nitrogens with one attached hydrogen (secondary N) is 1. The van der Waals surface area contributed by atoms with Crippen molar-refractivity contribution in [3.63, 3.8) is 0 Å². The number of hydrogen-bond donors (Lipinski definition) is 1. The molecule has 3 aromatic rings. The molecule has 0 bridgehead atoms. The Bertz CT molecular complexity index is 811. The highest BCUT2D eigenvalue weighted by Gasteiger charge is 2.11. The molecule has 0 unspecified atom stereocenters. The lowest BCUT2D eigenvalue weighted by atomic mass is 10.0. The number of hydrogen-bond acceptors (Lipinski definition) is 4. The zero-order chi connectivity index (χ0) is 15.5. The van der Waals surface area contributed by atoms with Crippen LogP contribution >= 0.6 is 0 Å². The van der Waals surface area contributed by atoms with Gasteiger partial charge in [-0.2, -0.15) is 0 Å². The van der Waals surface area contributed by atoms with Gasteiger partial charge in [0, 0.05) is 16.8 Å². The quantitative estimate of drug-likeness (QED) is 0.801. The molecule has 0 aliphatic heterocycles. The summed E-state index contributed by atoms with van der Waals surface area (Å²) >= 11 is 0. The summed E-state index contributed by atoms with van der Waals surface area (Å²) in [5, 5.41) is 10.4. The van der Waals surface area contributed by atoms with Gasteiger partial charge in [0.25, 0.3) is 5.91 Å². The van der Waals surface area contributed by atoms with Crippen molar-refractivity contribution in [3.8, 4) is 11.5 Å². The van der Waals surface area contributed by atoms with Gasteiger partial charge in [0.1, 0.15) is 0 Å². The fraction of sp³-hybridized carbons (Fsp3) is 0.118. The highest BCUT2D eigenvalue weighted by atomic mass is 16.4. The van der Waals surface area contributed by atoms with Crippen LogP contribution in [0.5, 0.6) is 0 Å². The number of carbonyl (C=O) groups is 1. The first-order chi connectivity index (χ1) is 10.6. The van der Waals surface area contributed by atoms with Crippen LogP contribution < -0.4 is 5.32 Å². The number of aromatic nitrogens is 2. The van der Waals surface area contributed by atoms with Crippen LogP contribution in [0.4, 0.5) is 5.69 Å². The molecule has 1 aromatic heterocycles. The molecule has 0 aliphatic carbocycles. The third-order valence-electron chi connectivity index (χ3n) is 3.37. The van der Waals surface area contributed by atoms with Gasteiger partial charge in [-0.05, 0) is 43.7 Å². The molecule has 0 saturated heterocycles. The molecule has 1 amide bonds. The fourth-order valence-electron chi connectivity index (χ4n) is 2.21. The van der Waals surface area contributed by atoms with Crippen LogP contribution in [0.2, 0.25) is 0 Å². The summed E-state index contributed by atoms with van der Waals surface area (Å²) in [6.45, 7) is 3.88. The zero-order valence-corrected chi connectivity index (χ0v) is 12.3. The summed E-state index contributed by atoms with van der Waals surface area (Å²) in [6.07, 6.45) is 1.27. The van der Waals surface area contributed by atoms with Gasteiger partial charge in [0.05, 0.1) is 0 Å². The SMILES string of the molecule is Cc1ccc(C)c(C(=O)Nc2cccc(-c3nnco3)c2)c1. The first-order valence-electron chi connectivity index (χ1n) is 6.89. The molecule has 22 heavy (non-hydrogen) atoms. The summed E-state index contributed by atoms with van der Waals surface area (Å²) in [5.41, 5.74) is 4.10. The van der Waals surface area contributed by atoms with E-state index in [-0.39, 0.29) is 5.91 Å². The summed E-state index contributed by atoms with van der Waals surface area (Å²) in [6, 6.07) is 13.1. The van der Waals surface area contributed by atoms with E-state index in [0.29, 0.717) is 17.1 Å². The minimum absolute atomic E-state index is 0.135. The van der Waals surface area contributed by atoms with E-state index < -0.39 is 0 Å². The van der Waals surface area contributed by atoms with Gasteiger partial charge >= 0.3 is 0 Å². The molecule has 0 spiro atoms. The van der Waals surface area contributed by atoms with Crippen molar-refractivity contribution in [1.82, 2.24) is 10.2 Å². The molecule has 2 aromatic carbocycles. The number of nitrogens with zero attached hydrogens (tertiary/aromatic N) is 2. The Morgan fingerprint density at radius 2 is 2.00 bits per heavy atom. The van der Waals surface area contributed by atoms with E-state index >= 15 is 0 Å². The van der Waals surface area contributed by atoms with Gasteiger partial charge in [0.2, 0.25) is 12.3 Å². The van der Waals surface area contributed by atoms with E-state index in [1.54, 1.807) is 6.07 Å². The Balaban J connectivity index is 1.85. The maximum Gasteiger partial charge on any atom is 0.255 e. The second-order valence-electron chi connectivity index (χ2n) is 5.10. The van der Waals surface area contributed by atoms with Crippen LogP contribution in [0.15, 0.2) is 53.3 Å². The molecule has 0 saturated carbocycles. The monoisotopic (exact) mass is 293 g/mol. The molecule has 0 aliphatic rings. The predicted molar refractivity (Wildman–Crippen MR) is 83.6 cm³/mol. The van der Waals surface area contributed by atoms with E-state index in [0.717, 1.165) is 16.7 Å². The summed E-state index contributed by atoms with van der Waals surface area (Å²) < 4.78 is 5.16. The van der Waals surface area contributed by atoms with Crippen molar-refractivity contribution < 1.29 is 9.21 Å². The van der Waals surface area contributed by atoms with Gasteiger partial charge in [-0.3, -0.25) is 4.79 Å². The first kappa shape index (κ1) is 14.0. The lowest BCUT2D eigenvalue weighted by Gasteiger charge is -2.09. The lowest BCUT2D eigenvalue weighted by molar-refractivity contribution is 0.102. The Morgan fingerprint density at radius 1 is 1.14 bits per heavy atom. The number of anilines is 1. The number of aryl methyl sites for hydroxylation is 2. The van der Waals surface area contributed by atoms with Crippen molar-refractivity contribution in [3.05, 3.63) is 65.5 Å². The highest BCUT2D eigenvalue weighted by molar-refractivity contribution is 6.05. The van der Waals surface area contributed by atoms with Gasteiger partial charge in [-0.25, -0.2) is 0 Å². The van der Waals surface area contributed by atoms with Crippen LogP contribution in [0.3, 0.4) is 0 Å². The minimum Gasteiger partial charge on any atom is -0.423 e. The van der Waals surface area contributed by atoms with E-state index in [1.807, 2.05) is 50.2 Å². The molecule has 5 heteroatoms. The molecular formula is C17H15N3O2. The van der Waals surface area contributed by atoms with Gasteiger partial charge in [0.15, 0.2) is 0 Å². The normalized spacial score (nSPS) is 10.5. The maximum absolute atomic E-state index is 12.4. The van der Waals surface area contributed by atoms with Crippen LogP contribution in [0.25, 0.3) is 11.5 Å². The van der Waals surface area contributed by atoms with Gasteiger partial charge < -0.3 is 9.73 Å². The van der Waals surface area contributed by atoms with Crippen LogP contribution in [-0.2, 0) is 0 Å². The average Bonchev–Trinajstić information content (AvgIpc) is 3.04. The highest BCUT2D eigenvalue weighted by Crippen LogP contribution is 2.21. The summed E-state index contributed by atoms with van der Waals surface area (Å²) in [4.78, 5) is 12.4. The van der Waals surface area contributed by atoms with E-state index in [9.17, 15) is 4.79 Å². The van der Waals surface area contributed by atoms with Crippen molar-refractivity contribution >= 4 is 11.6 Å². The fourth-order valence-corrected chi connectivity index (χ4v) is 2.21.